The Labute approximate surface area is 165 Å². The van der Waals surface area contributed by atoms with Crippen LogP contribution in [0.1, 0.15) is 48.7 Å². The summed E-state index contributed by atoms with van der Waals surface area (Å²) in [7, 11) is 0. The summed E-state index contributed by atoms with van der Waals surface area (Å²) in [5, 5.41) is 4.68. The van der Waals surface area contributed by atoms with Crippen molar-refractivity contribution in [2.24, 2.45) is 0 Å². The van der Waals surface area contributed by atoms with Crippen LogP contribution in [0.25, 0.3) is 17.2 Å². The fraction of sp³-hybridized carbons (Fsp3) is 0.455. The molecule has 28 heavy (non-hydrogen) atoms. The van der Waals surface area contributed by atoms with Gasteiger partial charge in [0.1, 0.15) is 0 Å². The van der Waals surface area contributed by atoms with Crippen molar-refractivity contribution in [3.05, 3.63) is 46.8 Å². The molecule has 0 aliphatic carbocycles. The lowest BCUT2D eigenvalue weighted by Gasteiger charge is -2.33. The van der Waals surface area contributed by atoms with E-state index in [1.807, 2.05) is 30.9 Å². The van der Waals surface area contributed by atoms with Gasteiger partial charge in [-0.2, -0.15) is 4.98 Å². The standard InChI is InChI=1S/C22H27N5O/c1-14-8-7-10-18(12-14)21-24-22-23-16(3)19(17(4)27(22)25-21)13-20(28)26-11-6-5-9-15(26)2/h7-8,10,12,15H,5-6,9,11,13H2,1-4H3/t15-/m1/s1. The van der Waals surface area contributed by atoms with Crippen molar-refractivity contribution >= 4 is 11.7 Å². The second-order valence-electron chi connectivity index (χ2n) is 7.89. The molecule has 6 heteroatoms. The molecule has 1 aliphatic rings. The van der Waals surface area contributed by atoms with Gasteiger partial charge in [0.05, 0.1) is 6.42 Å². The highest BCUT2D eigenvalue weighted by Crippen LogP contribution is 2.22. The number of piperidine rings is 1. The van der Waals surface area contributed by atoms with Crippen LogP contribution in [0.3, 0.4) is 0 Å². The highest BCUT2D eigenvalue weighted by Gasteiger charge is 2.25. The SMILES string of the molecule is Cc1cccc(-c2nc3nc(C)c(CC(=O)N4CCCC[C@H]4C)c(C)n3n2)c1. The average molecular weight is 377 g/mol. The first kappa shape index (κ1) is 18.6. The number of fused-ring (bicyclic) bond motifs is 1. The highest BCUT2D eigenvalue weighted by atomic mass is 16.2. The molecule has 1 amide bonds. The van der Waals surface area contributed by atoms with Gasteiger partial charge in [-0.15, -0.1) is 5.10 Å². The number of carbonyl (C=O) groups excluding carboxylic acids is 1. The first-order chi connectivity index (χ1) is 13.4. The molecule has 3 aromatic rings. The molecule has 1 saturated heterocycles. The fourth-order valence-corrected chi connectivity index (χ4v) is 4.09. The maximum absolute atomic E-state index is 12.9. The van der Waals surface area contributed by atoms with Gasteiger partial charge in [-0.3, -0.25) is 4.79 Å². The van der Waals surface area contributed by atoms with Gasteiger partial charge >= 0.3 is 0 Å². The van der Waals surface area contributed by atoms with Gasteiger partial charge in [0, 0.05) is 35.1 Å². The van der Waals surface area contributed by atoms with Gasteiger partial charge in [-0.1, -0.05) is 23.8 Å². The van der Waals surface area contributed by atoms with E-state index in [2.05, 4.69) is 41.0 Å². The lowest BCUT2D eigenvalue weighted by molar-refractivity contribution is -0.133. The summed E-state index contributed by atoms with van der Waals surface area (Å²) in [5.74, 6) is 1.42. The molecule has 4 rings (SSSR count). The largest absolute Gasteiger partial charge is 0.340 e. The van der Waals surface area contributed by atoms with Gasteiger partial charge in [0.25, 0.3) is 5.78 Å². The molecule has 0 N–H and O–H groups in total. The predicted molar refractivity (Wildman–Crippen MR) is 109 cm³/mol. The van der Waals surface area contributed by atoms with Crippen LogP contribution in [0.2, 0.25) is 0 Å². The first-order valence-corrected chi connectivity index (χ1v) is 10.0. The number of likely N-dealkylation sites (tertiary alicyclic amines) is 1. The van der Waals surface area contributed by atoms with Gasteiger partial charge in [-0.25, -0.2) is 9.50 Å². The number of rotatable bonds is 3. The van der Waals surface area contributed by atoms with E-state index in [9.17, 15) is 4.79 Å². The lowest BCUT2D eigenvalue weighted by atomic mass is 10.0. The molecule has 146 valence electrons. The maximum Gasteiger partial charge on any atom is 0.253 e. The van der Waals surface area contributed by atoms with E-state index in [0.29, 0.717) is 24.1 Å². The minimum Gasteiger partial charge on any atom is -0.340 e. The lowest BCUT2D eigenvalue weighted by Crippen LogP contribution is -2.43. The molecule has 0 unspecified atom stereocenters. The van der Waals surface area contributed by atoms with Crippen LogP contribution in [-0.4, -0.2) is 43.0 Å². The van der Waals surface area contributed by atoms with Gasteiger partial charge < -0.3 is 4.90 Å². The Balaban J connectivity index is 1.68. The number of benzene rings is 1. The van der Waals surface area contributed by atoms with E-state index >= 15 is 0 Å². The molecule has 0 bridgehead atoms. The van der Waals surface area contributed by atoms with Crippen LogP contribution in [0.4, 0.5) is 0 Å². The summed E-state index contributed by atoms with van der Waals surface area (Å²) >= 11 is 0. The number of hydrogen-bond donors (Lipinski definition) is 0. The van der Waals surface area contributed by atoms with E-state index in [1.54, 1.807) is 4.52 Å². The first-order valence-electron chi connectivity index (χ1n) is 10.0. The van der Waals surface area contributed by atoms with E-state index in [4.69, 9.17) is 0 Å². The molecular formula is C22H27N5O. The highest BCUT2D eigenvalue weighted by molar-refractivity contribution is 5.79. The number of carbonyl (C=O) groups is 1. The average Bonchev–Trinajstić information content (AvgIpc) is 3.09. The van der Waals surface area contributed by atoms with Crippen LogP contribution in [0, 0.1) is 20.8 Å². The Hall–Kier alpha value is -2.76. The Kier molecular flexibility index (Phi) is 4.87. The van der Waals surface area contributed by atoms with Crippen molar-refractivity contribution < 1.29 is 4.79 Å². The van der Waals surface area contributed by atoms with Crippen LogP contribution < -0.4 is 0 Å². The number of hydrogen-bond acceptors (Lipinski definition) is 4. The third-order valence-corrected chi connectivity index (χ3v) is 5.78. The number of nitrogens with zero attached hydrogens (tertiary/aromatic N) is 5. The topological polar surface area (TPSA) is 63.4 Å². The normalized spacial score (nSPS) is 17.3. The molecule has 0 saturated carbocycles. The molecule has 2 aromatic heterocycles. The zero-order valence-corrected chi connectivity index (χ0v) is 17.1. The zero-order chi connectivity index (χ0) is 19.8. The van der Waals surface area contributed by atoms with Crippen molar-refractivity contribution in [1.29, 1.82) is 0 Å². The van der Waals surface area contributed by atoms with Crippen LogP contribution in [0.15, 0.2) is 24.3 Å². The van der Waals surface area contributed by atoms with Crippen LogP contribution in [-0.2, 0) is 11.2 Å². The summed E-state index contributed by atoms with van der Waals surface area (Å²) in [5.41, 5.74) is 4.88. The van der Waals surface area contributed by atoms with Gasteiger partial charge in [0.15, 0.2) is 5.82 Å². The number of aromatic nitrogens is 4. The summed E-state index contributed by atoms with van der Waals surface area (Å²) in [6, 6.07) is 8.45. The Morgan fingerprint density at radius 3 is 2.75 bits per heavy atom. The maximum atomic E-state index is 12.9. The van der Waals surface area contributed by atoms with Crippen molar-refractivity contribution in [2.45, 2.75) is 59.4 Å². The summed E-state index contributed by atoms with van der Waals surface area (Å²) in [6.45, 7) is 9.01. The predicted octanol–water partition coefficient (Wildman–Crippen LogP) is 3.66. The van der Waals surface area contributed by atoms with Crippen molar-refractivity contribution in [3.63, 3.8) is 0 Å². The van der Waals surface area contributed by atoms with E-state index in [0.717, 1.165) is 41.9 Å². The molecule has 1 aliphatic heterocycles. The molecule has 1 fully saturated rings. The Morgan fingerprint density at radius 1 is 1.18 bits per heavy atom. The second-order valence-corrected chi connectivity index (χ2v) is 7.89. The monoisotopic (exact) mass is 377 g/mol. The second kappa shape index (κ2) is 7.34. The van der Waals surface area contributed by atoms with Crippen LogP contribution >= 0.6 is 0 Å². The summed E-state index contributed by atoms with van der Waals surface area (Å²) in [6.07, 6.45) is 3.75. The van der Waals surface area contributed by atoms with E-state index in [1.165, 1.54) is 12.0 Å². The van der Waals surface area contributed by atoms with Gasteiger partial charge in [-0.05, 0) is 53.0 Å². The molecule has 3 heterocycles. The third-order valence-electron chi connectivity index (χ3n) is 5.78. The Bertz CT molecular complexity index is 1040. The van der Waals surface area contributed by atoms with E-state index in [-0.39, 0.29) is 5.91 Å². The molecular weight excluding hydrogens is 350 g/mol. The summed E-state index contributed by atoms with van der Waals surface area (Å²) < 4.78 is 1.77. The molecule has 6 nitrogen and oxygen atoms in total. The van der Waals surface area contributed by atoms with Gasteiger partial charge in [0.2, 0.25) is 5.91 Å². The number of aryl methyl sites for hydroxylation is 3. The van der Waals surface area contributed by atoms with Crippen LogP contribution in [0.5, 0.6) is 0 Å². The quantitative estimate of drug-likeness (QED) is 0.699. The summed E-state index contributed by atoms with van der Waals surface area (Å²) in [4.78, 5) is 24.2. The molecule has 0 spiro atoms. The molecule has 1 atom stereocenters. The van der Waals surface area contributed by atoms with Crippen molar-refractivity contribution in [1.82, 2.24) is 24.5 Å². The molecule has 1 aromatic carbocycles. The minimum absolute atomic E-state index is 0.179. The third kappa shape index (κ3) is 3.39. The van der Waals surface area contributed by atoms with E-state index < -0.39 is 0 Å². The zero-order valence-electron chi connectivity index (χ0n) is 17.1. The van der Waals surface area contributed by atoms with Crippen molar-refractivity contribution in [3.8, 4) is 11.4 Å². The minimum atomic E-state index is 0.179. The number of amides is 1. The Morgan fingerprint density at radius 2 is 2.00 bits per heavy atom. The molecule has 0 radical (unpaired) electrons. The fourth-order valence-electron chi connectivity index (χ4n) is 4.09. The van der Waals surface area contributed by atoms with Crippen molar-refractivity contribution in [2.75, 3.05) is 6.54 Å². The smallest absolute Gasteiger partial charge is 0.253 e.